The summed E-state index contributed by atoms with van der Waals surface area (Å²) in [7, 11) is 0. The van der Waals surface area contributed by atoms with Crippen molar-refractivity contribution in [2.75, 3.05) is 9.80 Å². The van der Waals surface area contributed by atoms with Gasteiger partial charge in [0.05, 0.1) is 37.3 Å². The Hall–Kier alpha value is -9.26. The third-order valence-corrected chi connectivity index (χ3v) is 19.4. The zero-order chi connectivity index (χ0) is 51.7. The van der Waals surface area contributed by atoms with Gasteiger partial charge in [0.25, 0.3) is 0 Å². The van der Waals surface area contributed by atoms with Crippen LogP contribution in [0, 0.1) is 0 Å². The van der Waals surface area contributed by atoms with Gasteiger partial charge < -0.3 is 14.2 Å². The van der Waals surface area contributed by atoms with E-state index >= 15 is 0 Å². The summed E-state index contributed by atoms with van der Waals surface area (Å²) in [6.07, 6.45) is 13.6. The molecule has 2 aliphatic rings. The van der Waals surface area contributed by atoms with Crippen LogP contribution in [0.1, 0.15) is 36.0 Å². The van der Waals surface area contributed by atoms with Crippen molar-refractivity contribution in [3.05, 3.63) is 265 Å². The van der Waals surface area contributed by atoms with Crippen molar-refractivity contribution in [1.82, 2.24) is 4.40 Å². The number of aryl methyl sites for hydroxylation is 1. The van der Waals surface area contributed by atoms with Crippen LogP contribution in [0.3, 0.4) is 0 Å². The molecule has 11 aromatic carbocycles. The van der Waals surface area contributed by atoms with Gasteiger partial charge in [0, 0.05) is 75.2 Å². The van der Waals surface area contributed by atoms with Crippen molar-refractivity contribution >= 4 is 152 Å². The largest absolute Gasteiger partial charge is 0.309 e. The molecule has 15 aromatic rings. The molecule has 17 rings (SSSR count). The highest BCUT2D eigenvalue weighted by atomic mass is 32.1. The second-order valence-electron chi connectivity index (χ2n) is 21.4. The molecule has 2 aliphatic carbocycles. The Kier molecular flexibility index (Phi) is 10.0. The highest BCUT2D eigenvalue weighted by molar-refractivity contribution is 7.26. The number of rotatable bonds is 8. The molecule has 0 unspecified atom stereocenters. The molecule has 79 heavy (non-hydrogen) atoms. The Bertz CT molecular complexity index is 5100. The number of hydrogen-bond acceptors (Lipinski definition) is 4. The molecule has 0 N–H and O–H groups in total. The lowest BCUT2D eigenvalue weighted by atomic mass is 9.87. The molecule has 0 saturated heterocycles. The molecule has 3 nitrogen and oxygen atoms in total. The SMILES string of the molecule is C1=CC(N(c2cccc(C3=Cc4cc5c(cc4CC3)c3cccc4c6cc7ccc(-c8cccc(N(c9ccccc9)c9cccc%10c9sc9ccccc9%10)c8)cc7cc6n5c34)c2)c2cccc3c2sc2ccccc23)=CCC1. The number of thiophene rings is 2. The van der Waals surface area contributed by atoms with Gasteiger partial charge >= 0.3 is 0 Å². The second-order valence-corrected chi connectivity index (χ2v) is 23.5. The summed E-state index contributed by atoms with van der Waals surface area (Å²) in [5.41, 5.74) is 18.7. The summed E-state index contributed by atoms with van der Waals surface area (Å²) >= 11 is 3.77. The molecule has 0 bridgehead atoms. The van der Waals surface area contributed by atoms with Crippen LogP contribution < -0.4 is 9.80 Å². The molecular weight excluding hydrogens is 995 g/mol. The predicted octanol–water partition coefficient (Wildman–Crippen LogP) is 21.7. The van der Waals surface area contributed by atoms with Crippen LogP contribution in [0.2, 0.25) is 0 Å². The minimum atomic E-state index is 0.993. The molecule has 4 heterocycles. The van der Waals surface area contributed by atoms with Crippen LogP contribution in [-0.4, -0.2) is 4.40 Å². The molecule has 0 fully saturated rings. The minimum Gasteiger partial charge on any atom is -0.309 e. The number of aromatic nitrogens is 1. The van der Waals surface area contributed by atoms with Crippen LogP contribution in [0.4, 0.5) is 28.4 Å². The first kappa shape index (κ1) is 44.8. The molecule has 372 valence electrons. The Morgan fingerprint density at radius 2 is 0.987 bits per heavy atom. The first-order chi connectivity index (χ1) is 39.1. The predicted molar refractivity (Wildman–Crippen MR) is 342 cm³/mol. The van der Waals surface area contributed by atoms with Gasteiger partial charge in [0.1, 0.15) is 0 Å². The van der Waals surface area contributed by atoms with Crippen molar-refractivity contribution in [2.45, 2.75) is 25.7 Å². The summed E-state index contributed by atoms with van der Waals surface area (Å²) in [4.78, 5) is 4.93. The van der Waals surface area contributed by atoms with Crippen molar-refractivity contribution in [1.29, 1.82) is 0 Å². The Labute approximate surface area is 465 Å². The Balaban J connectivity index is 0.768. The van der Waals surface area contributed by atoms with Crippen LogP contribution in [-0.2, 0) is 6.42 Å². The van der Waals surface area contributed by atoms with Gasteiger partial charge in [-0.05, 0) is 167 Å². The van der Waals surface area contributed by atoms with Crippen molar-refractivity contribution in [3.63, 3.8) is 0 Å². The van der Waals surface area contributed by atoms with E-state index in [1.807, 2.05) is 22.7 Å². The van der Waals surface area contributed by atoms with E-state index in [-0.39, 0.29) is 0 Å². The average molecular weight is 1040 g/mol. The molecule has 0 atom stereocenters. The fourth-order valence-electron chi connectivity index (χ4n) is 13.3. The van der Waals surface area contributed by atoms with E-state index < -0.39 is 0 Å². The second kappa shape index (κ2) is 17.6. The minimum absolute atomic E-state index is 0.993. The topological polar surface area (TPSA) is 10.9 Å². The normalized spacial score (nSPS) is 13.7. The van der Waals surface area contributed by atoms with E-state index in [4.69, 9.17) is 0 Å². The number of fused-ring (bicyclic) bond motifs is 14. The molecule has 0 radical (unpaired) electrons. The first-order valence-corrected chi connectivity index (χ1v) is 29.2. The summed E-state index contributed by atoms with van der Waals surface area (Å²) in [6, 6.07) is 84.2. The molecule has 0 aliphatic heterocycles. The van der Waals surface area contributed by atoms with E-state index in [2.05, 4.69) is 263 Å². The van der Waals surface area contributed by atoms with Gasteiger partial charge in [0.2, 0.25) is 0 Å². The molecule has 5 heteroatoms. The maximum absolute atomic E-state index is 2.56. The lowest BCUT2D eigenvalue weighted by Crippen LogP contribution is -2.16. The molecule has 0 spiro atoms. The zero-order valence-electron chi connectivity index (χ0n) is 43.2. The van der Waals surface area contributed by atoms with Gasteiger partial charge in [-0.15, -0.1) is 22.7 Å². The van der Waals surface area contributed by atoms with Crippen LogP contribution in [0.5, 0.6) is 0 Å². The number of nitrogens with zero attached hydrogens (tertiary/aromatic N) is 3. The monoisotopic (exact) mass is 1040 g/mol. The standard InChI is InChI=1S/C74H49N3S2/c1-3-18-54(19-4-1)75(66-30-14-28-62-58-24-7-9-32-70(58)78-73(62)66)56-22-11-16-46(40-56)48-34-36-50-42-64-60-26-13-27-61-65-43-51-37-35-49(39-53(51)45-69(65)77(72(60)61)68(64)44-52(50)38-48)47-17-12-23-57(41-47)76(55-20-5-2-6-21-55)67-31-15-29-63-59-25-8-10-33-71(59)79-74(63)67/h1,3-5,7-34,36,38-45H,2,6,35,37H2. The lowest BCUT2D eigenvalue weighted by Gasteiger charge is -2.29. The molecule has 0 saturated carbocycles. The van der Waals surface area contributed by atoms with Gasteiger partial charge in [0.15, 0.2) is 0 Å². The summed E-state index contributed by atoms with van der Waals surface area (Å²) < 4.78 is 7.81. The quantitative estimate of drug-likeness (QED) is 0.150. The molecular formula is C74H49N3S2. The number of anilines is 5. The third kappa shape index (κ3) is 7.03. The fourth-order valence-corrected chi connectivity index (χ4v) is 15.7. The van der Waals surface area contributed by atoms with Crippen LogP contribution in [0.15, 0.2) is 248 Å². The number of benzene rings is 11. The van der Waals surface area contributed by atoms with Gasteiger partial charge in [-0.3, -0.25) is 0 Å². The maximum Gasteiger partial charge on any atom is 0.0640 e. The van der Waals surface area contributed by atoms with E-state index in [1.54, 1.807) is 0 Å². The van der Waals surface area contributed by atoms with Gasteiger partial charge in [-0.25, -0.2) is 0 Å². The van der Waals surface area contributed by atoms with E-state index in [0.717, 1.165) is 37.1 Å². The number of hydrogen-bond donors (Lipinski definition) is 0. The Morgan fingerprint density at radius 1 is 0.392 bits per heavy atom. The van der Waals surface area contributed by atoms with Crippen molar-refractivity contribution in [2.24, 2.45) is 0 Å². The molecule has 0 amide bonds. The van der Waals surface area contributed by atoms with Crippen LogP contribution in [0.25, 0.3) is 112 Å². The van der Waals surface area contributed by atoms with Gasteiger partial charge in [-0.2, -0.15) is 0 Å². The average Bonchev–Trinajstić information content (AvgIpc) is 4.00. The highest BCUT2D eigenvalue weighted by Gasteiger charge is 2.25. The van der Waals surface area contributed by atoms with Crippen LogP contribution >= 0.6 is 22.7 Å². The van der Waals surface area contributed by atoms with E-state index in [0.29, 0.717) is 0 Å². The first-order valence-electron chi connectivity index (χ1n) is 27.6. The zero-order valence-corrected chi connectivity index (χ0v) is 44.8. The fraction of sp³-hybridized carbons (Fsp3) is 0.0541. The third-order valence-electron chi connectivity index (χ3n) is 16.9. The summed E-state index contributed by atoms with van der Waals surface area (Å²) in [5.74, 6) is 0. The summed E-state index contributed by atoms with van der Waals surface area (Å²) in [6.45, 7) is 0. The Morgan fingerprint density at radius 3 is 1.73 bits per heavy atom. The summed E-state index contributed by atoms with van der Waals surface area (Å²) in [5, 5.41) is 13.0. The van der Waals surface area contributed by atoms with Crippen molar-refractivity contribution < 1.29 is 0 Å². The van der Waals surface area contributed by atoms with Crippen molar-refractivity contribution in [3.8, 4) is 11.1 Å². The number of allylic oxidation sites excluding steroid dienone is 4. The highest BCUT2D eigenvalue weighted by Crippen LogP contribution is 2.48. The van der Waals surface area contributed by atoms with Gasteiger partial charge in [-0.1, -0.05) is 152 Å². The number of para-hydroxylation sites is 2. The molecule has 4 aromatic heterocycles. The maximum atomic E-state index is 2.56. The lowest BCUT2D eigenvalue weighted by molar-refractivity contribution is 0.996. The van der Waals surface area contributed by atoms with E-state index in [1.165, 1.54) is 145 Å². The smallest absolute Gasteiger partial charge is 0.0640 e. The van der Waals surface area contributed by atoms with E-state index in [9.17, 15) is 0 Å².